The predicted molar refractivity (Wildman–Crippen MR) is 107 cm³/mol. The first-order chi connectivity index (χ1) is 13.1. The second-order valence-corrected chi connectivity index (χ2v) is 6.45. The molecule has 0 bridgehead atoms. The average Bonchev–Trinajstić information content (AvgIpc) is 2.68. The minimum absolute atomic E-state index is 0.0426. The zero-order chi connectivity index (χ0) is 18.8. The maximum Gasteiger partial charge on any atom is 0.258 e. The fourth-order valence-corrected chi connectivity index (χ4v) is 3.14. The molecule has 0 saturated heterocycles. The number of carbonyl (C=O) groups is 1. The van der Waals surface area contributed by atoms with Crippen LogP contribution in [0.5, 0.6) is 0 Å². The number of pyridine rings is 1. The molecule has 0 radical (unpaired) electrons. The third kappa shape index (κ3) is 3.52. The molecule has 1 amide bonds. The smallest absolute Gasteiger partial charge is 0.258 e. The van der Waals surface area contributed by atoms with Crippen LogP contribution in [0.2, 0.25) is 5.02 Å². The number of fused-ring (bicyclic) bond motifs is 1. The molecule has 3 aromatic carbocycles. The molecule has 0 aliphatic carbocycles. The fourth-order valence-electron chi connectivity index (χ4n) is 2.91. The molecule has 1 aromatic heterocycles. The number of carbonyl (C=O) groups excluding carboxylic acids is 1. The van der Waals surface area contributed by atoms with Crippen LogP contribution in [0.15, 0.2) is 79.0 Å². The van der Waals surface area contributed by atoms with E-state index in [0.29, 0.717) is 22.0 Å². The van der Waals surface area contributed by atoms with Crippen molar-refractivity contribution in [3.63, 3.8) is 0 Å². The van der Waals surface area contributed by atoms with Crippen molar-refractivity contribution in [2.75, 3.05) is 5.32 Å². The van der Waals surface area contributed by atoms with Crippen molar-refractivity contribution < 1.29 is 9.18 Å². The van der Waals surface area contributed by atoms with E-state index >= 15 is 0 Å². The van der Waals surface area contributed by atoms with Crippen LogP contribution in [0, 0.1) is 5.82 Å². The first kappa shape index (κ1) is 17.2. The lowest BCUT2D eigenvalue weighted by atomic mass is 10.1. The fraction of sp³-hybridized carbons (Fsp3) is 0. The van der Waals surface area contributed by atoms with Crippen molar-refractivity contribution in [1.29, 1.82) is 0 Å². The molecular weight excluding hydrogens is 363 g/mol. The molecule has 4 aromatic rings. The summed E-state index contributed by atoms with van der Waals surface area (Å²) in [5, 5.41) is 5.23. The highest BCUT2D eigenvalue weighted by molar-refractivity contribution is 6.33. The van der Waals surface area contributed by atoms with Crippen molar-refractivity contribution in [1.82, 2.24) is 4.98 Å². The SMILES string of the molecule is O=C(Nc1ccc2ccccc2c1)c1ccc(-c2ncccc2Cl)cc1F. The number of benzene rings is 3. The number of hydrogen-bond donors (Lipinski definition) is 1. The number of halogens is 2. The van der Waals surface area contributed by atoms with Crippen molar-refractivity contribution in [3.05, 3.63) is 95.4 Å². The molecule has 0 fully saturated rings. The lowest BCUT2D eigenvalue weighted by Gasteiger charge is -2.09. The van der Waals surface area contributed by atoms with E-state index < -0.39 is 11.7 Å². The Morgan fingerprint density at radius 3 is 2.52 bits per heavy atom. The standard InChI is InChI=1S/C22H14ClFN2O/c23-19-6-3-11-25-21(19)16-8-10-18(20(24)13-16)22(27)26-17-9-7-14-4-1-2-5-15(14)12-17/h1-13H,(H,26,27). The molecule has 0 aliphatic rings. The van der Waals surface area contributed by atoms with Crippen LogP contribution in [0.1, 0.15) is 10.4 Å². The van der Waals surface area contributed by atoms with Crippen LogP contribution < -0.4 is 5.32 Å². The minimum Gasteiger partial charge on any atom is -0.322 e. The van der Waals surface area contributed by atoms with Crippen LogP contribution >= 0.6 is 11.6 Å². The predicted octanol–water partition coefficient (Wildman–Crippen LogP) is 5.95. The molecule has 0 saturated carbocycles. The first-order valence-electron chi connectivity index (χ1n) is 8.32. The Kier molecular flexibility index (Phi) is 4.57. The van der Waals surface area contributed by atoms with Gasteiger partial charge in [0.25, 0.3) is 5.91 Å². The molecule has 0 unspecified atom stereocenters. The Balaban J connectivity index is 1.60. The van der Waals surface area contributed by atoms with Crippen molar-refractivity contribution in [2.24, 2.45) is 0 Å². The molecule has 27 heavy (non-hydrogen) atoms. The van der Waals surface area contributed by atoms with Crippen molar-refractivity contribution in [2.45, 2.75) is 0 Å². The molecule has 0 atom stereocenters. The van der Waals surface area contributed by atoms with Crippen LogP contribution in [0.4, 0.5) is 10.1 Å². The summed E-state index contributed by atoms with van der Waals surface area (Å²) >= 11 is 6.10. The van der Waals surface area contributed by atoms with Gasteiger partial charge in [0, 0.05) is 17.4 Å². The second kappa shape index (κ2) is 7.17. The highest BCUT2D eigenvalue weighted by atomic mass is 35.5. The molecule has 1 N–H and O–H groups in total. The van der Waals surface area contributed by atoms with Gasteiger partial charge in [-0.2, -0.15) is 0 Å². The number of anilines is 1. The lowest BCUT2D eigenvalue weighted by Crippen LogP contribution is -2.13. The van der Waals surface area contributed by atoms with E-state index in [1.54, 1.807) is 30.5 Å². The van der Waals surface area contributed by atoms with Gasteiger partial charge in [-0.25, -0.2) is 4.39 Å². The summed E-state index contributed by atoms with van der Waals surface area (Å²) in [6, 6.07) is 21.1. The summed E-state index contributed by atoms with van der Waals surface area (Å²) in [4.78, 5) is 16.7. The van der Waals surface area contributed by atoms with Gasteiger partial charge in [0.15, 0.2) is 0 Å². The van der Waals surface area contributed by atoms with E-state index in [1.165, 1.54) is 12.1 Å². The molecule has 4 rings (SSSR count). The first-order valence-corrected chi connectivity index (χ1v) is 8.70. The molecule has 0 spiro atoms. The Bertz CT molecular complexity index is 1160. The third-order valence-corrected chi connectivity index (χ3v) is 4.56. The average molecular weight is 377 g/mol. The van der Waals surface area contributed by atoms with Crippen LogP contribution in [0.3, 0.4) is 0 Å². The van der Waals surface area contributed by atoms with E-state index in [4.69, 9.17) is 11.6 Å². The van der Waals surface area contributed by atoms with Gasteiger partial charge in [-0.15, -0.1) is 0 Å². The molecule has 132 valence electrons. The largest absolute Gasteiger partial charge is 0.322 e. The van der Waals surface area contributed by atoms with Crippen molar-refractivity contribution >= 4 is 34.0 Å². The van der Waals surface area contributed by atoms with Crippen LogP contribution in [-0.2, 0) is 0 Å². The number of nitrogens with one attached hydrogen (secondary N) is 1. The molecule has 1 heterocycles. The Labute approximate surface area is 160 Å². The van der Waals surface area contributed by atoms with E-state index in [1.807, 2.05) is 36.4 Å². The number of amides is 1. The summed E-state index contributed by atoms with van der Waals surface area (Å²) < 4.78 is 14.5. The van der Waals surface area contributed by atoms with Gasteiger partial charge >= 0.3 is 0 Å². The molecule has 5 heteroatoms. The van der Waals surface area contributed by atoms with E-state index in [9.17, 15) is 9.18 Å². The van der Waals surface area contributed by atoms with Crippen LogP contribution in [0.25, 0.3) is 22.0 Å². The van der Waals surface area contributed by atoms with Gasteiger partial charge in [-0.1, -0.05) is 48.0 Å². The highest BCUT2D eigenvalue weighted by Gasteiger charge is 2.14. The molecule has 3 nitrogen and oxygen atoms in total. The van der Waals surface area contributed by atoms with Gasteiger partial charge in [0.1, 0.15) is 5.82 Å². The van der Waals surface area contributed by atoms with E-state index in [-0.39, 0.29) is 5.56 Å². The topological polar surface area (TPSA) is 42.0 Å². The number of rotatable bonds is 3. The Morgan fingerprint density at radius 2 is 1.74 bits per heavy atom. The van der Waals surface area contributed by atoms with Gasteiger partial charge < -0.3 is 5.32 Å². The highest BCUT2D eigenvalue weighted by Crippen LogP contribution is 2.27. The maximum atomic E-state index is 14.5. The molecular formula is C22H14ClFN2O. The number of nitrogens with zero attached hydrogens (tertiary/aromatic N) is 1. The summed E-state index contributed by atoms with van der Waals surface area (Å²) in [6.07, 6.45) is 1.58. The van der Waals surface area contributed by atoms with Crippen LogP contribution in [-0.4, -0.2) is 10.9 Å². The zero-order valence-corrected chi connectivity index (χ0v) is 14.9. The summed E-state index contributed by atoms with van der Waals surface area (Å²) in [5.74, 6) is -1.14. The van der Waals surface area contributed by atoms with Gasteiger partial charge in [0.05, 0.1) is 16.3 Å². The maximum absolute atomic E-state index is 14.5. The second-order valence-electron chi connectivity index (χ2n) is 6.04. The van der Waals surface area contributed by atoms with Crippen molar-refractivity contribution in [3.8, 4) is 11.3 Å². The van der Waals surface area contributed by atoms with Gasteiger partial charge in [0.2, 0.25) is 0 Å². The summed E-state index contributed by atoms with van der Waals surface area (Å²) in [5.41, 5.74) is 1.55. The number of hydrogen-bond acceptors (Lipinski definition) is 2. The van der Waals surface area contributed by atoms with Gasteiger partial charge in [-0.3, -0.25) is 9.78 Å². The minimum atomic E-state index is -0.632. The Morgan fingerprint density at radius 1 is 0.926 bits per heavy atom. The lowest BCUT2D eigenvalue weighted by molar-refractivity contribution is 0.102. The third-order valence-electron chi connectivity index (χ3n) is 4.25. The Hall–Kier alpha value is -3.24. The normalized spacial score (nSPS) is 10.7. The summed E-state index contributed by atoms with van der Waals surface area (Å²) in [6.45, 7) is 0. The molecule has 0 aliphatic heterocycles. The monoisotopic (exact) mass is 376 g/mol. The quantitative estimate of drug-likeness (QED) is 0.480. The van der Waals surface area contributed by atoms with E-state index in [0.717, 1.165) is 10.8 Å². The summed E-state index contributed by atoms with van der Waals surface area (Å²) in [7, 11) is 0. The van der Waals surface area contributed by atoms with E-state index in [2.05, 4.69) is 10.3 Å². The number of aromatic nitrogens is 1. The van der Waals surface area contributed by atoms with Gasteiger partial charge in [-0.05, 0) is 47.2 Å². The zero-order valence-electron chi connectivity index (χ0n) is 14.1.